The van der Waals surface area contributed by atoms with Crippen molar-refractivity contribution in [1.29, 1.82) is 0 Å². The highest BCUT2D eigenvalue weighted by atomic mass is 32.2. The fraction of sp³-hybridized carbons (Fsp3) is 0.333. The number of aromatic nitrogens is 2. The largest absolute Gasteiger partial charge is 0.355 e. The zero-order chi connectivity index (χ0) is 17.8. The second-order valence-electron chi connectivity index (χ2n) is 6.64. The first kappa shape index (κ1) is 17.3. The van der Waals surface area contributed by atoms with Crippen LogP contribution in [-0.2, 0) is 6.54 Å². The molecule has 1 aliphatic heterocycles. The highest BCUT2D eigenvalue weighted by molar-refractivity contribution is 7.99. The van der Waals surface area contributed by atoms with Crippen LogP contribution in [0.2, 0.25) is 0 Å². The van der Waals surface area contributed by atoms with E-state index in [1.807, 2.05) is 30.2 Å². The van der Waals surface area contributed by atoms with Crippen molar-refractivity contribution in [2.45, 2.75) is 19.5 Å². The molecular weight excluding hydrogens is 340 g/mol. The van der Waals surface area contributed by atoms with Crippen LogP contribution in [-0.4, -0.2) is 34.6 Å². The Kier molecular flexibility index (Phi) is 5.37. The molecule has 0 saturated carbocycles. The lowest BCUT2D eigenvalue weighted by Crippen LogP contribution is -2.33. The van der Waals surface area contributed by atoms with Crippen LogP contribution < -0.4 is 10.2 Å². The zero-order valence-electron chi connectivity index (χ0n) is 15.1. The highest BCUT2D eigenvalue weighted by Crippen LogP contribution is 2.23. The van der Waals surface area contributed by atoms with Crippen LogP contribution >= 0.6 is 11.8 Å². The van der Waals surface area contributed by atoms with Crippen molar-refractivity contribution >= 4 is 28.5 Å². The molecule has 3 heterocycles. The van der Waals surface area contributed by atoms with Crippen molar-refractivity contribution in [3.63, 3.8) is 0 Å². The van der Waals surface area contributed by atoms with Gasteiger partial charge in [0.2, 0.25) is 0 Å². The quantitative estimate of drug-likeness (QED) is 0.740. The first-order valence-electron chi connectivity index (χ1n) is 9.16. The molecule has 0 amide bonds. The van der Waals surface area contributed by atoms with Crippen LogP contribution in [0.3, 0.4) is 0 Å². The van der Waals surface area contributed by atoms with Crippen molar-refractivity contribution in [3.05, 3.63) is 66.0 Å². The lowest BCUT2D eigenvalue weighted by Gasteiger charge is -2.27. The summed E-state index contributed by atoms with van der Waals surface area (Å²) in [5.41, 5.74) is 3.61. The maximum atomic E-state index is 4.57. The smallest absolute Gasteiger partial charge is 0.128 e. The number of anilines is 1. The third kappa shape index (κ3) is 3.84. The van der Waals surface area contributed by atoms with Gasteiger partial charge < -0.3 is 10.2 Å². The van der Waals surface area contributed by atoms with Gasteiger partial charge in [-0.05, 0) is 42.3 Å². The molecule has 4 rings (SSSR count). The first-order valence-corrected chi connectivity index (χ1v) is 10.3. The summed E-state index contributed by atoms with van der Waals surface area (Å²) < 4.78 is 0. The molecule has 5 heteroatoms. The average molecular weight is 365 g/mol. The molecule has 1 unspecified atom stereocenters. The number of hydrogen-bond donors (Lipinski definition) is 1. The first-order chi connectivity index (χ1) is 12.8. The van der Waals surface area contributed by atoms with Crippen LogP contribution in [0.25, 0.3) is 10.9 Å². The van der Waals surface area contributed by atoms with Crippen LogP contribution in [0.15, 0.2) is 54.9 Å². The molecule has 0 radical (unpaired) electrons. The topological polar surface area (TPSA) is 41.1 Å². The van der Waals surface area contributed by atoms with E-state index in [1.54, 1.807) is 0 Å². The van der Waals surface area contributed by atoms with E-state index in [9.17, 15) is 0 Å². The van der Waals surface area contributed by atoms with Gasteiger partial charge in [0.25, 0.3) is 0 Å². The minimum Gasteiger partial charge on any atom is -0.355 e. The Morgan fingerprint density at radius 3 is 2.85 bits per heavy atom. The summed E-state index contributed by atoms with van der Waals surface area (Å²) in [5, 5.41) is 4.88. The van der Waals surface area contributed by atoms with Crippen LogP contribution in [0, 0.1) is 0 Å². The molecule has 134 valence electrons. The summed E-state index contributed by atoms with van der Waals surface area (Å²) in [7, 11) is 0. The van der Waals surface area contributed by atoms with Crippen molar-refractivity contribution in [1.82, 2.24) is 15.3 Å². The van der Waals surface area contributed by atoms with Gasteiger partial charge in [0.15, 0.2) is 0 Å². The van der Waals surface area contributed by atoms with Gasteiger partial charge in [0, 0.05) is 55.0 Å². The third-order valence-electron chi connectivity index (χ3n) is 4.90. The highest BCUT2D eigenvalue weighted by Gasteiger charge is 2.13. The Hall–Kier alpha value is -2.11. The molecule has 1 fully saturated rings. The van der Waals surface area contributed by atoms with E-state index < -0.39 is 0 Å². The molecule has 3 aromatic rings. The fourth-order valence-electron chi connectivity index (χ4n) is 3.42. The predicted octanol–water partition coefficient (Wildman–Crippen LogP) is 4.03. The zero-order valence-corrected chi connectivity index (χ0v) is 15.9. The maximum Gasteiger partial charge on any atom is 0.128 e. The molecule has 2 aromatic heterocycles. The maximum absolute atomic E-state index is 4.57. The minimum absolute atomic E-state index is 0.255. The fourth-order valence-corrected chi connectivity index (χ4v) is 4.32. The number of pyridine rings is 2. The number of nitrogens with one attached hydrogen (secondary N) is 1. The number of thioether (sulfide) groups is 1. The van der Waals surface area contributed by atoms with Gasteiger partial charge in [-0.1, -0.05) is 18.2 Å². The van der Waals surface area contributed by atoms with E-state index in [0.29, 0.717) is 0 Å². The number of benzene rings is 1. The number of hydrogen-bond acceptors (Lipinski definition) is 5. The molecule has 1 saturated heterocycles. The Morgan fingerprint density at radius 2 is 1.96 bits per heavy atom. The van der Waals surface area contributed by atoms with Crippen molar-refractivity contribution < 1.29 is 0 Å². The Morgan fingerprint density at radius 1 is 1.08 bits per heavy atom. The summed E-state index contributed by atoms with van der Waals surface area (Å²) in [4.78, 5) is 11.4. The molecule has 0 spiro atoms. The summed E-state index contributed by atoms with van der Waals surface area (Å²) in [5.74, 6) is 3.48. The van der Waals surface area contributed by atoms with Crippen molar-refractivity contribution in [3.8, 4) is 0 Å². The van der Waals surface area contributed by atoms with E-state index in [0.717, 1.165) is 31.0 Å². The lowest BCUT2D eigenvalue weighted by molar-refractivity contribution is 0.577. The molecule has 0 aliphatic carbocycles. The molecule has 4 nitrogen and oxygen atoms in total. The van der Waals surface area contributed by atoms with E-state index in [4.69, 9.17) is 0 Å². The third-order valence-corrected chi connectivity index (χ3v) is 5.85. The second-order valence-corrected chi connectivity index (χ2v) is 7.87. The van der Waals surface area contributed by atoms with E-state index >= 15 is 0 Å². The van der Waals surface area contributed by atoms with E-state index in [2.05, 4.69) is 63.5 Å². The standard InChI is InChI=1S/C21H24N4S/c1-16(18-4-2-6-20-19(18)5-3-8-22-20)24-15-17-7-9-23-21(14-17)25-10-12-26-13-11-25/h2-9,14,16,24H,10-13,15H2,1H3. The van der Waals surface area contributed by atoms with Gasteiger partial charge in [-0.2, -0.15) is 11.8 Å². The van der Waals surface area contributed by atoms with Gasteiger partial charge in [0.05, 0.1) is 5.52 Å². The summed E-state index contributed by atoms with van der Waals surface area (Å²) >= 11 is 2.02. The molecule has 1 aromatic carbocycles. The van der Waals surface area contributed by atoms with Crippen molar-refractivity contribution in [2.75, 3.05) is 29.5 Å². The number of fused-ring (bicyclic) bond motifs is 1. The molecule has 1 N–H and O–H groups in total. The minimum atomic E-state index is 0.255. The molecule has 0 bridgehead atoms. The second kappa shape index (κ2) is 8.06. The number of nitrogens with zero attached hydrogens (tertiary/aromatic N) is 3. The SMILES string of the molecule is CC(NCc1ccnc(N2CCSCC2)c1)c1cccc2ncccc12. The summed E-state index contributed by atoms with van der Waals surface area (Å²) in [6.45, 7) is 5.23. The molecule has 26 heavy (non-hydrogen) atoms. The lowest BCUT2D eigenvalue weighted by atomic mass is 10.0. The molecule has 1 aliphatic rings. The van der Waals surface area contributed by atoms with Crippen LogP contribution in [0.1, 0.15) is 24.1 Å². The Balaban J connectivity index is 1.46. The molecule has 1 atom stereocenters. The van der Waals surface area contributed by atoms with Crippen LogP contribution in [0.4, 0.5) is 5.82 Å². The van der Waals surface area contributed by atoms with Crippen LogP contribution in [0.5, 0.6) is 0 Å². The predicted molar refractivity (Wildman–Crippen MR) is 111 cm³/mol. The molecular formula is C21H24N4S. The Labute approximate surface area is 159 Å². The van der Waals surface area contributed by atoms with Gasteiger partial charge in [-0.15, -0.1) is 0 Å². The number of rotatable bonds is 5. The normalized spacial score (nSPS) is 16.0. The van der Waals surface area contributed by atoms with E-state index in [-0.39, 0.29) is 6.04 Å². The van der Waals surface area contributed by atoms with Gasteiger partial charge in [0.1, 0.15) is 5.82 Å². The summed E-state index contributed by atoms with van der Waals surface area (Å²) in [6.07, 6.45) is 3.78. The van der Waals surface area contributed by atoms with Gasteiger partial charge in [-0.25, -0.2) is 4.98 Å². The van der Waals surface area contributed by atoms with Gasteiger partial charge >= 0.3 is 0 Å². The monoisotopic (exact) mass is 364 g/mol. The summed E-state index contributed by atoms with van der Waals surface area (Å²) in [6, 6.07) is 15.1. The average Bonchev–Trinajstić information content (AvgIpc) is 2.72. The van der Waals surface area contributed by atoms with E-state index in [1.165, 1.54) is 28.0 Å². The van der Waals surface area contributed by atoms with Gasteiger partial charge in [-0.3, -0.25) is 4.98 Å². The van der Waals surface area contributed by atoms with Crippen molar-refractivity contribution in [2.24, 2.45) is 0 Å². The Bertz CT molecular complexity index is 871.